The highest BCUT2D eigenvalue weighted by atomic mass is 127. The van der Waals surface area contributed by atoms with Crippen molar-refractivity contribution >= 4 is 48.0 Å². The van der Waals surface area contributed by atoms with E-state index in [-0.39, 0.29) is 54.6 Å². The smallest absolute Gasteiger partial charge is 0.410 e. The number of imide groups is 1. The first-order valence-corrected chi connectivity index (χ1v) is 11.2. The number of ether oxygens (including phenoxy) is 1. The van der Waals surface area contributed by atoms with Crippen LogP contribution >= 0.6 is 24.0 Å². The molecule has 32 heavy (non-hydrogen) atoms. The number of halogens is 1. The number of carbonyl (C=O) groups excluding carboxylic acids is 3. The van der Waals surface area contributed by atoms with Crippen molar-refractivity contribution in [1.29, 1.82) is 0 Å². The fourth-order valence-corrected chi connectivity index (χ4v) is 3.95. The molecular formula is C21H37IN6O4. The Morgan fingerprint density at radius 3 is 2.38 bits per heavy atom. The molecule has 2 heterocycles. The summed E-state index contributed by atoms with van der Waals surface area (Å²) in [4.78, 5) is 45.8. The lowest BCUT2D eigenvalue weighted by molar-refractivity contribution is -0.124. The molecule has 3 rings (SSSR count). The highest BCUT2D eigenvalue weighted by Gasteiger charge is 2.36. The second-order valence-electron chi connectivity index (χ2n) is 9.47. The lowest BCUT2D eigenvalue weighted by Crippen LogP contribution is -2.53. The Bertz CT molecular complexity index is 698. The summed E-state index contributed by atoms with van der Waals surface area (Å²) in [5.74, 6) is 1.14. The van der Waals surface area contributed by atoms with Crippen LogP contribution in [0.5, 0.6) is 0 Å². The van der Waals surface area contributed by atoms with Crippen LogP contribution in [0.4, 0.5) is 9.59 Å². The van der Waals surface area contributed by atoms with Gasteiger partial charge in [-0.05, 0) is 52.4 Å². The summed E-state index contributed by atoms with van der Waals surface area (Å²) < 4.78 is 5.67. The second-order valence-corrected chi connectivity index (χ2v) is 9.47. The van der Waals surface area contributed by atoms with Gasteiger partial charge in [-0.3, -0.25) is 14.7 Å². The molecule has 3 fully saturated rings. The molecule has 182 valence electrons. The molecule has 2 saturated heterocycles. The zero-order valence-corrected chi connectivity index (χ0v) is 21.9. The first kappa shape index (κ1) is 26.5. The van der Waals surface area contributed by atoms with Gasteiger partial charge in [0.1, 0.15) is 5.60 Å². The van der Waals surface area contributed by atoms with E-state index < -0.39 is 5.60 Å². The number of hydrogen-bond acceptors (Lipinski definition) is 5. The zero-order valence-electron chi connectivity index (χ0n) is 19.6. The fraction of sp³-hybridized carbons (Fsp3) is 0.810. The number of nitrogens with zero attached hydrogens (tertiary/aromatic N) is 4. The third-order valence-electron chi connectivity index (χ3n) is 5.75. The van der Waals surface area contributed by atoms with E-state index in [1.54, 1.807) is 7.05 Å². The van der Waals surface area contributed by atoms with Crippen LogP contribution in [0.1, 0.15) is 46.5 Å². The fourth-order valence-electron chi connectivity index (χ4n) is 3.95. The van der Waals surface area contributed by atoms with E-state index in [1.807, 2.05) is 25.7 Å². The number of nitrogens with one attached hydrogen (secondary N) is 2. The van der Waals surface area contributed by atoms with E-state index in [1.165, 1.54) is 17.7 Å². The quantitative estimate of drug-likeness (QED) is 0.221. The van der Waals surface area contributed by atoms with Gasteiger partial charge in [0.05, 0.1) is 6.54 Å². The lowest BCUT2D eigenvalue weighted by atomic mass is 10.0. The van der Waals surface area contributed by atoms with Gasteiger partial charge in [0.25, 0.3) is 0 Å². The topological polar surface area (TPSA) is 107 Å². The second kappa shape index (κ2) is 11.4. The van der Waals surface area contributed by atoms with Crippen LogP contribution < -0.4 is 10.6 Å². The van der Waals surface area contributed by atoms with Gasteiger partial charge in [-0.1, -0.05) is 0 Å². The van der Waals surface area contributed by atoms with Gasteiger partial charge in [0, 0.05) is 45.8 Å². The minimum Gasteiger partial charge on any atom is -0.444 e. The van der Waals surface area contributed by atoms with Gasteiger partial charge in [0.2, 0.25) is 5.91 Å². The summed E-state index contributed by atoms with van der Waals surface area (Å²) in [6, 6.07) is -0.184. The van der Waals surface area contributed by atoms with Crippen molar-refractivity contribution in [1.82, 2.24) is 25.3 Å². The summed E-state index contributed by atoms with van der Waals surface area (Å²) in [5, 5.41) is 5.76. The molecule has 0 aromatic heterocycles. The Labute approximate surface area is 207 Å². The number of likely N-dealkylation sites (tertiary alicyclic amines) is 1. The molecule has 0 atom stereocenters. The summed E-state index contributed by atoms with van der Waals surface area (Å²) in [6.45, 7) is 8.84. The summed E-state index contributed by atoms with van der Waals surface area (Å²) in [7, 11) is 1.72. The number of amides is 4. The van der Waals surface area contributed by atoms with Gasteiger partial charge < -0.3 is 25.2 Å². The van der Waals surface area contributed by atoms with E-state index in [4.69, 9.17) is 4.74 Å². The molecule has 10 nitrogen and oxygen atoms in total. The molecule has 1 aliphatic carbocycles. The third kappa shape index (κ3) is 7.38. The Balaban J connectivity index is 0.00000363. The molecule has 0 aromatic carbocycles. The maximum Gasteiger partial charge on any atom is 0.410 e. The Kier molecular flexibility index (Phi) is 9.40. The van der Waals surface area contributed by atoms with E-state index in [9.17, 15) is 14.4 Å². The predicted octanol–water partition coefficient (Wildman–Crippen LogP) is 1.84. The average molecular weight is 564 g/mol. The molecular weight excluding hydrogens is 527 g/mol. The number of carbonyl (C=O) groups is 3. The first-order chi connectivity index (χ1) is 14.7. The first-order valence-electron chi connectivity index (χ1n) is 11.2. The average Bonchev–Trinajstić information content (AvgIpc) is 3.48. The molecule has 0 bridgehead atoms. The van der Waals surface area contributed by atoms with Crippen LogP contribution in [-0.2, 0) is 9.53 Å². The van der Waals surface area contributed by atoms with Crippen LogP contribution in [0, 0.1) is 5.92 Å². The van der Waals surface area contributed by atoms with E-state index in [0.29, 0.717) is 19.0 Å². The van der Waals surface area contributed by atoms with Crippen LogP contribution in [0.3, 0.4) is 0 Å². The molecule has 4 amide bonds. The minimum atomic E-state index is -0.501. The van der Waals surface area contributed by atoms with Crippen LogP contribution in [0.2, 0.25) is 0 Å². The molecule has 0 unspecified atom stereocenters. The SMILES string of the molecule is CN=C(NCCN1C(=O)CNC1=O)N1CCC(N(CC2CC2)C(=O)OC(C)(C)C)CC1.I. The van der Waals surface area contributed by atoms with Gasteiger partial charge in [0.15, 0.2) is 5.96 Å². The summed E-state index contributed by atoms with van der Waals surface area (Å²) in [6.07, 6.45) is 3.85. The maximum atomic E-state index is 12.8. The van der Waals surface area contributed by atoms with Crippen LogP contribution in [-0.4, -0.2) is 96.6 Å². The van der Waals surface area contributed by atoms with Crippen LogP contribution in [0.25, 0.3) is 0 Å². The summed E-state index contributed by atoms with van der Waals surface area (Å²) in [5.41, 5.74) is -0.501. The van der Waals surface area contributed by atoms with Gasteiger partial charge in [-0.15, -0.1) is 24.0 Å². The van der Waals surface area contributed by atoms with E-state index in [0.717, 1.165) is 38.4 Å². The van der Waals surface area contributed by atoms with Crippen molar-refractivity contribution in [3.05, 3.63) is 0 Å². The number of aliphatic imine (C=N–C) groups is 1. The van der Waals surface area contributed by atoms with Gasteiger partial charge in [-0.25, -0.2) is 9.59 Å². The van der Waals surface area contributed by atoms with Crippen molar-refractivity contribution < 1.29 is 19.1 Å². The maximum absolute atomic E-state index is 12.8. The molecule has 0 spiro atoms. The van der Waals surface area contributed by atoms with Crippen molar-refractivity contribution in [2.75, 3.05) is 46.3 Å². The monoisotopic (exact) mass is 564 g/mol. The largest absolute Gasteiger partial charge is 0.444 e. The highest BCUT2D eigenvalue weighted by molar-refractivity contribution is 14.0. The van der Waals surface area contributed by atoms with Crippen molar-refractivity contribution in [3.63, 3.8) is 0 Å². The molecule has 0 aromatic rings. The van der Waals surface area contributed by atoms with Crippen molar-refractivity contribution in [2.45, 2.75) is 58.1 Å². The molecule has 2 N–H and O–H groups in total. The number of guanidine groups is 1. The molecule has 1 saturated carbocycles. The third-order valence-corrected chi connectivity index (χ3v) is 5.75. The van der Waals surface area contributed by atoms with Crippen LogP contribution in [0.15, 0.2) is 4.99 Å². The van der Waals surface area contributed by atoms with E-state index in [2.05, 4.69) is 20.5 Å². The highest BCUT2D eigenvalue weighted by Crippen LogP contribution is 2.32. The normalized spacial score (nSPS) is 20.1. The number of piperidine rings is 1. The Morgan fingerprint density at radius 2 is 1.88 bits per heavy atom. The number of urea groups is 1. The number of hydrogen-bond donors (Lipinski definition) is 2. The predicted molar refractivity (Wildman–Crippen MR) is 132 cm³/mol. The van der Waals surface area contributed by atoms with Crippen molar-refractivity contribution in [2.24, 2.45) is 10.9 Å². The minimum absolute atomic E-state index is 0. The Morgan fingerprint density at radius 1 is 1.22 bits per heavy atom. The van der Waals surface area contributed by atoms with E-state index >= 15 is 0 Å². The molecule has 3 aliphatic rings. The molecule has 0 radical (unpaired) electrons. The molecule has 11 heteroatoms. The standard InChI is InChI=1S/C21H36N6O4.HI/c1-21(2,3)31-20(30)27(14-15-5-6-15)16-7-10-25(11-8-16)18(22-4)23-9-12-26-17(28)13-24-19(26)29;/h15-16H,5-14H2,1-4H3,(H,22,23)(H,24,29);1H. The Hall–Kier alpha value is -1.79. The lowest BCUT2D eigenvalue weighted by Gasteiger charge is -2.40. The summed E-state index contributed by atoms with van der Waals surface area (Å²) >= 11 is 0. The van der Waals surface area contributed by atoms with Crippen molar-refractivity contribution in [3.8, 4) is 0 Å². The zero-order chi connectivity index (χ0) is 22.6. The molecule has 2 aliphatic heterocycles. The van der Waals surface area contributed by atoms with Gasteiger partial charge >= 0.3 is 12.1 Å². The van der Waals surface area contributed by atoms with Gasteiger partial charge in [-0.2, -0.15) is 0 Å². The number of rotatable bonds is 6.